The highest BCUT2D eigenvalue weighted by Crippen LogP contribution is 2.07. The first-order chi connectivity index (χ1) is 10.3. The largest absolute Gasteiger partial charge is 0.454 e. The molecule has 5 nitrogen and oxygen atoms in total. The predicted octanol–water partition coefficient (Wildman–Crippen LogP) is 3.03. The summed E-state index contributed by atoms with van der Waals surface area (Å²) < 4.78 is 10.2. The molecule has 0 saturated heterocycles. The summed E-state index contributed by atoms with van der Waals surface area (Å²) in [5.41, 5.74) is 0.931. The Labute approximate surface area is 122 Å². The molecule has 0 aliphatic carbocycles. The lowest BCUT2D eigenvalue weighted by Gasteiger charge is -2.04. The van der Waals surface area contributed by atoms with E-state index in [1.54, 1.807) is 24.3 Å². The number of carbonyl (C=O) groups excluding carboxylic acids is 2. The number of ether oxygens (including phenoxy) is 1. The van der Waals surface area contributed by atoms with Crippen molar-refractivity contribution in [3.05, 3.63) is 65.6 Å². The lowest BCUT2D eigenvalue weighted by atomic mass is 10.2. The van der Waals surface area contributed by atoms with Crippen molar-refractivity contribution >= 4 is 18.5 Å². The third-order valence-corrected chi connectivity index (χ3v) is 2.62. The van der Waals surface area contributed by atoms with Crippen LogP contribution in [0.1, 0.15) is 21.9 Å². The molecule has 1 aromatic heterocycles. The molecule has 0 aliphatic rings. The van der Waals surface area contributed by atoms with Gasteiger partial charge in [0.1, 0.15) is 12.4 Å². The highest BCUT2D eigenvalue weighted by Gasteiger charge is 2.00. The number of benzene rings is 1. The minimum atomic E-state index is -0.489. The fourth-order valence-electron chi connectivity index (χ4n) is 1.61. The molecule has 1 N–H and O–H groups in total. The minimum absolute atomic E-state index is 0.233. The van der Waals surface area contributed by atoms with E-state index in [0.29, 0.717) is 18.6 Å². The van der Waals surface area contributed by atoms with Gasteiger partial charge in [0.25, 0.3) is 0 Å². The molecule has 0 spiro atoms. The van der Waals surface area contributed by atoms with Gasteiger partial charge in [-0.3, -0.25) is 4.79 Å². The monoisotopic (exact) mass is 285 g/mol. The summed E-state index contributed by atoms with van der Waals surface area (Å²) in [5.74, 6) is 0.821. The second kappa shape index (κ2) is 7.69. The van der Waals surface area contributed by atoms with E-state index in [1.807, 2.05) is 30.3 Å². The Kier molecular flexibility index (Phi) is 5.34. The predicted molar refractivity (Wildman–Crippen MR) is 77.8 cm³/mol. The molecular formula is C16H15NO4. The smallest absolute Gasteiger partial charge is 0.407 e. The molecule has 21 heavy (non-hydrogen) atoms. The second-order valence-electron chi connectivity index (χ2n) is 4.20. The fourth-order valence-corrected chi connectivity index (χ4v) is 1.61. The van der Waals surface area contributed by atoms with Crippen molar-refractivity contribution in [1.29, 1.82) is 0 Å². The number of amides is 1. The van der Waals surface area contributed by atoms with Gasteiger partial charge in [-0.15, -0.1) is 0 Å². The Hall–Kier alpha value is -2.82. The molecule has 0 unspecified atom stereocenters. The first-order valence-corrected chi connectivity index (χ1v) is 6.44. The summed E-state index contributed by atoms with van der Waals surface area (Å²) in [5, 5.41) is 2.58. The number of carbonyl (C=O) groups is 2. The van der Waals surface area contributed by atoms with E-state index in [9.17, 15) is 9.59 Å². The van der Waals surface area contributed by atoms with Gasteiger partial charge in [-0.2, -0.15) is 0 Å². The van der Waals surface area contributed by atoms with Crippen LogP contribution in [0.3, 0.4) is 0 Å². The Morgan fingerprint density at radius 3 is 2.62 bits per heavy atom. The van der Waals surface area contributed by atoms with Crippen LogP contribution in [0.2, 0.25) is 0 Å². The minimum Gasteiger partial charge on any atom is -0.454 e. The van der Waals surface area contributed by atoms with E-state index in [-0.39, 0.29) is 12.4 Å². The molecular weight excluding hydrogens is 270 g/mol. The average molecular weight is 285 g/mol. The fraction of sp³-hybridized carbons (Fsp3) is 0.125. The number of furan rings is 1. The molecule has 2 rings (SSSR count). The van der Waals surface area contributed by atoms with Gasteiger partial charge in [0.15, 0.2) is 12.0 Å². The SMILES string of the molecule is O=Cc1ccc(C=CCNC(=O)OCc2ccccc2)o1. The van der Waals surface area contributed by atoms with Gasteiger partial charge in [0.05, 0.1) is 0 Å². The van der Waals surface area contributed by atoms with Crippen LogP contribution < -0.4 is 5.32 Å². The number of rotatable bonds is 6. The molecule has 0 bridgehead atoms. The van der Waals surface area contributed by atoms with Gasteiger partial charge in [-0.1, -0.05) is 36.4 Å². The molecule has 1 amide bonds. The Morgan fingerprint density at radius 2 is 1.90 bits per heavy atom. The quantitative estimate of drug-likeness (QED) is 0.828. The number of aldehydes is 1. The molecule has 1 heterocycles. The third kappa shape index (κ3) is 4.99. The zero-order valence-electron chi connectivity index (χ0n) is 11.3. The number of alkyl carbamates (subject to hydrolysis) is 1. The molecule has 1 aromatic carbocycles. The van der Waals surface area contributed by atoms with Crippen LogP contribution >= 0.6 is 0 Å². The molecule has 108 valence electrons. The van der Waals surface area contributed by atoms with Gasteiger partial charge >= 0.3 is 6.09 Å². The summed E-state index contributed by atoms with van der Waals surface area (Å²) in [6.07, 6.45) is 3.52. The van der Waals surface area contributed by atoms with Crippen molar-refractivity contribution in [2.45, 2.75) is 6.61 Å². The molecule has 0 saturated carbocycles. The Morgan fingerprint density at radius 1 is 1.14 bits per heavy atom. The topological polar surface area (TPSA) is 68.5 Å². The van der Waals surface area contributed by atoms with Crippen LogP contribution in [0.15, 0.2) is 53.0 Å². The van der Waals surface area contributed by atoms with Gasteiger partial charge in [-0.05, 0) is 23.8 Å². The Balaban J connectivity index is 1.68. The van der Waals surface area contributed by atoms with Crippen LogP contribution in [-0.2, 0) is 11.3 Å². The number of nitrogens with one attached hydrogen (secondary N) is 1. The number of hydrogen-bond donors (Lipinski definition) is 1. The van der Waals surface area contributed by atoms with E-state index in [2.05, 4.69) is 5.32 Å². The second-order valence-corrected chi connectivity index (χ2v) is 4.20. The van der Waals surface area contributed by atoms with E-state index in [0.717, 1.165) is 5.56 Å². The normalized spacial score (nSPS) is 10.5. The zero-order chi connectivity index (χ0) is 14.9. The van der Waals surface area contributed by atoms with Crippen molar-refractivity contribution in [2.24, 2.45) is 0 Å². The maximum Gasteiger partial charge on any atom is 0.407 e. The number of hydrogen-bond acceptors (Lipinski definition) is 4. The van der Waals surface area contributed by atoms with Gasteiger partial charge < -0.3 is 14.5 Å². The van der Waals surface area contributed by atoms with E-state index in [1.165, 1.54) is 0 Å². The molecule has 0 fully saturated rings. The summed E-state index contributed by atoms with van der Waals surface area (Å²) in [7, 11) is 0. The van der Waals surface area contributed by atoms with Crippen LogP contribution in [0.25, 0.3) is 6.08 Å². The van der Waals surface area contributed by atoms with Crippen molar-refractivity contribution in [3.8, 4) is 0 Å². The van der Waals surface area contributed by atoms with Gasteiger partial charge in [0, 0.05) is 6.54 Å². The first-order valence-electron chi connectivity index (χ1n) is 6.44. The maximum absolute atomic E-state index is 11.4. The van der Waals surface area contributed by atoms with Gasteiger partial charge in [-0.25, -0.2) is 4.79 Å². The highest BCUT2D eigenvalue weighted by molar-refractivity contribution is 5.71. The van der Waals surface area contributed by atoms with E-state index >= 15 is 0 Å². The van der Waals surface area contributed by atoms with Crippen molar-refractivity contribution < 1.29 is 18.7 Å². The summed E-state index contributed by atoms with van der Waals surface area (Å²) in [4.78, 5) is 21.9. The van der Waals surface area contributed by atoms with E-state index in [4.69, 9.17) is 9.15 Å². The van der Waals surface area contributed by atoms with Crippen LogP contribution in [0.4, 0.5) is 4.79 Å². The molecule has 5 heteroatoms. The highest BCUT2D eigenvalue weighted by atomic mass is 16.5. The first kappa shape index (κ1) is 14.6. The molecule has 0 aliphatic heterocycles. The maximum atomic E-state index is 11.4. The lowest BCUT2D eigenvalue weighted by molar-refractivity contribution is 0.110. The molecule has 0 radical (unpaired) electrons. The van der Waals surface area contributed by atoms with Crippen LogP contribution in [-0.4, -0.2) is 18.9 Å². The van der Waals surface area contributed by atoms with Crippen LogP contribution in [0, 0.1) is 0 Å². The lowest BCUT2D eigenvalue weighted by Crippen LogP contribution is -2.24. The zero-order valence-corrected chi connectivity index (χ0v) is 11.3. The summed E-state index contributed by atoms with van der Waals surface area (Å²) >= 11 is 0. The Bertz CT molecular complexity index is 616. The summed E-state index contributed by atoms with van der Waals surface area (Å²) in [6, 6.07) is 12.7. The molecule has 2 aromatic rings. The van der Waals surface area contributed by atoms with Gasteiger partial charge in [0.2, 0.25) is 0 Å². The standard InChI is InChI=1S/C16H15NO4/c18-11-15-9-8-14(21-15)7-4-10-17-16(19)20-12-13-5-2-1-3-6-13/h1-9,11H,10,12H2,(H,17,19). The van der Waals surface area contributed by atoms with Crippen molar-refractivity contribution in [3.63, 3.8) is 0 Å². The van der Waals surface area contributed by atoms with E-state index < -0.39 is 6.09 Å². The van der Waals surface area contributed by atoms with Crippen LogP contribution in [0.5, 0.6) is 0 Å². The van der Waals surface area contributed by atoms with Crippen molar-refractivity contribution in [2.75, 3.05) is 6.54 Å². The summed E-state index contributed by atoms with van der Waals surface area (Å²) in [6.45, 7) is 0.544. The average Bonchev–Trinajstić information content (AvgIpc) is 2.98. The van der Waals surface area contributed by atoms with Crippen molar-refractivity contribution in [1.82, 2.24) is 5.32 Å². The third-order valence-electron chi connectivity index (χ3n) is 2.62. The molecule has 0 atom stereocenters.